The van der Waals surface area contributed by atoms with E-state index >= 15 is 0 Å². The molecule has 0 saturated heterocycles. The lowest BCUT2D eigenvalue weighted by Gasteiger charge is -2.09. The molecule has 0 saturated carbocycles. The average Bonchev–Trinajstić information content (AvgIpc) is 2.56. The molecule has 0 aliphatic carbocycles. The summed E-state index contributed by atoms with van der Waals surface area (Å²) in [6.45, 7) is 0.351. The van der Waals surface area contributed by atoms with E-state index in [-0.39, 0.29) is 6.03 Å². The van der Waals surface area contributed by atoms with Crippen LogP contribution in [-0.4, -0.2) is 11.0 Å². The summed E-state index contributed by atoms with van der Waals surface area (Å²) in [6.07, 6.45) is 1.63. The van der Waals surface area contributed by atoms with Crippen molar-refractivity contribution in [1.82, 2.24) is 10.3 Å². The summed E-state index contributed by atoms with van der Waals surface area (Å²) < 4.78 is 0. The van der Waals surface area contributed by atoms with Gasteiger partial charge in [0.05, 0.1) is 27.4 Å². The number of fused-ring (bicyclic) bond motifs is 1. The molecule has 3 rings (SSSR count). The molecule has 0 fully saturated rings. The third kappa shape index (κ3) is 3.92. The number of pyridine rings is 1. The van der Waals surface area contributed by atoms with Gasteiger partial charge in [-0.1, -0.05) is 47.5 Å². The first kappa shape index (κ1) is 15.6. The molecule has 0 bridgehead atoms. The molecule has 0 atom stereocenters. The van der Waals surface area contributed by atoms with E-state index in [0.29, 0.717) is 22.3 Å². The number of urea groups is 1. The van der Waals surface area contributed by atoms with E-state index in [1.807, 2.05) is 36.4 Å². The van der Waals surface area contributed by atoms with E-state index < -0.39 is 0 Å². The minimum atomic E-state index is -0.312. The Labute approximate surface area is 143 Å². The summed E-state index contributed by atoms with van der Waals surface area (Å²) in [5.41, 5.74) is 2.38. The predicted molar refractivity (Wildman–Crippen MR) is 94.1 cm³/mol. The van der Waals surface area contributed by atoms with Crippen LogP contribution in [0.1, 0.15) is 5.56 Å². The van der Waals surface area contributed by atoms with Crippen molar-refractivity contribution in [3.05, 3.63) is 70.3 Å². The van der Waals surface area contributed by atoms with Gasteiger partial charge < -0.3 is 10.6 Å². The highest BCUT2D eigenvalue weighted by Gasteiger charge is 2.05. The Hall–Kier alpha value is -2.30. The van der Waals surface area contributed by atoms with Crippen LogP contribution in [0, 0.1) is 0 Å². The first-order valence-electron chi connectivity index (χ1n) is 6.95. The number of carbonyl (C=O) groups is 1. The fourth-order valence-corrected chi connectivity index (χ4v) is 2.47. The monoisotopic (exact) mass is 345 g/mol. The van der Waals surface area contributed by atoms with Crippen LogP contribution >= 0.6 is 23.2 Å². The van der Waals surface area contributed by atoms with Crippen molar-refractivity contribution in [2.45, 2.75) is 6.54 Å². The van der Waals surface area contributed by atoms with Gasteiger partial charge in [0.1, 0.15) is 0 Å². The average molecular weight is 346 g/mol. The maximum atomic E-state index is 12.0. The second kappa shape index (κ2) is 6.86. The lowest BCUT2D eigenvalue weighted by Crippen LogP contribution is -2.28. The Bertz CT molecular complexity index is 867. The molecule has 0 radical (unpaired) electrons. The van der Waals surface area contributed by atoms with E-state index in [4.69, 9.17) is 23.2 Å². The lowest BCUT2D eigenvalue weighted by atomic mass is 10.2. The molecule has 4 nitrogen and oxygen atoms in total. The van der Waals surface area contributed by atoms with E-state index in [9.17, 15) is 4.79 Å². The van der Waals surface area contributed by atoms with E-state index in [1.54, 1.807) is 18.3 Å². The molecule has 2 N–H and O–H groups in total. The molecule has 116 valence electrons. The fraction of sp³-hybridized carbons (Fsp3) is 0.0588. The van der Waals surface area contributed by atoms with Crippen molar-refractivity contribution in [2.24, 2.45) is 0 Å². The molecule has 6 heteroatoms. The number of carbonyl (C=O) groups excluding carboxylic acids is 1. The zero-order chi connectivity index (χ0) is 16.2. The first-order valence-corrected chi connectivity index (χ1v) is 7.71. The number of hydrogen-bond donors (Lipinski definition) is 2. The number of aromatic nitrogens is 1. The van der Waals surface area contributed by atoms with Crippen LogP contribution in [0.25, 0.3) is 10.9 Å². The highest BCUT2D eigenvalue weighted by molar-refractivity contribution is 6.42. The van der Waals surface area contributed by atoms with Crippen molar-refractivity contribution in [2.75, 3.05) is 5.32 Å². The van der Waals surface area contributed by atoms with Gasteiger partial charge in [0.25, 0.3) is 0 Å². The smallest absolute Gasteiger partial charge is 0.319 e. The molecule has 23 heavy (non-hydrogen) atoms. The van der Waals surface area contributed by atoms with Crippen LogP contribution in [0.15, 0.2) is 54.7 Å². The minimum Gasteiger partial charge on any atom is -0.334 e. The number of nitrogens with one attached hydrogen (secondary N) is 2. The van der Waals surface area contributed by atoms with Gasteiger partial charge in [-0.25, -0.2) is 4.79 Å². The Balaban J connectivity index is 1.62. The largest absolute Gasteiger partial charge is 0.334 e. The molecule has 2 amide bonds. The zero-order valence-corrected chi connectivity index (χ0v) is 13.5. The molecule has 0 aliphatic heterocycles. The molecular weight excluding hydrogens is 333 g/mol. The second-order valence-corrected chi connectivity index (χ2v) is 5.79. The first-order chi connectivity index (χ1) is 11.1. The molecular formula is C17H13Cl2N3O. The highest BCUT2D eigenvalue weighted by Crippen LogP contribution is 2.22. The quantitative estimate of drug-likeness (QED) is 0.711. The summed E-state index contributed by atoms with van der Waals surface area (Å²) in [4.78, 5) is 16.3. The standard InChI is InChI=1S/C17H13Cl2N3O/c18-14-6-5-11(7-15(14)19)9-21-17(23)22-13-8-12-3-1-2-4-16(12)20-10-13/h1-8,10H,9H2,(H2,21,22,23). The van der Waals surface area contributed by atoms with Gasteiger partial charge in [-0.3, -0.25) is 4.98 Å². The molecule has 3 aromatic rings. The lowest BCUT2D eigenvalue weighted by molar-refractivity contribution is 0.251. The predicted octanol–water partition coefficient (Wildman–Crippen LogP) is 4.86. The SMILES string of the molecule is O=C(NCc1ccc(Cl)c(Cl)c1)Nc1cnc2ccccc2c1. The van der Waals surface area contributed by atoms with Crippen molar-refractivity contribution in [3.63, 3.8) is 0 Å². The zero-order valence-electron chi connectivity index (χ0n) is 12.0. The molecule has 0 aliphatic rings. The summed E-state index contributed by atoms with van der Waals surface area (Å²) in [5.74, 6) is 0. The number of halogens is 2. The van der Waals surface area contributed by atoms with Crippen molar-refractivity contribution < 1.29 is 4.79 Å². The fourth-order valence-electron chi connectivity index (χ4n) is 2.15. The topological polar surface area (TPSA) is 54.0 Å². The Morgan fingerprint density at radius 3 is 2.70 bits per heavy atom. The third-order valence-corrected chi connectivity index (χ3v) is 4.02. The number of hydrogen-bond acceptors (Lipinski definition) is 2. The maximum absolute atomic E-state index is 12.0. The number of benzene rings is 2. The van der Waals surface area contributed by atoms with Crippen molar-refractivity contribution in [3.8, 4) is 0 Å². The number of nitrogens with zero attached hydrogens (tertiary/aromatic N) is 1. The number of amides is 2. The van der Waals surface area contributed by atoms with E-state index in [1.165, 1.54) is 0 Å². The maximum Gasteiger partial charge on any atom is 0.319 e. The van der Waals surface area contributed by atoms with E-state index in [2.05, 4.69) is 15.6 Å². The third-order valence-electron chi connectivity index (χ3n) is 3.29. The molecule has 2 aromatic carbocycles. The number of anilines is 1. The van der Waals surface area contributed by atoms with Crippen LogP contribution in [0.2, 0.25) is 10.0 Å². The second-order valence-electron chi connectivity index (χ2n) is 4.97. The van der Waals surface area contributed by atoms with Gasteiger partial charge in [0.15, 0.2) is 0 Å². The molecule has 1 heterocycles. The molecule has 0 spiro atoms. The minimum absolute atomic E-state index is 0.312. The normalized spacial score (nSPS) is 10.5. The Morgan fingerprint density at radius 1 is 1.04 bits per heavy atom. The van der Waals surface area contributed by atoms with Gasteiger partial charge in [-0.15, -0.1) is 0 Å². The number of rotatable bonds is 3. The molecule has 1 aromatic heterocycles. The van der Waals surface area contributed by atoms with Crippen molar-refractivity contribution >= 4 is 45.8 Å². The van der Waals surface area contributed by atoms with Crippen LogP contribution in [0.4, 0.5) is 10.5 Å². The Kier molecular flexibility index (Phi) is 4.65. The van der Waals surface area contributed by atoms with E-state index in [0.717, 1.165) is 16.5 Å². The Morgan fingerprint density at radius 2 is 1.87 bits per heavy atom. The van der Waals surface area contributed by atoms with Gasteiger partial charge in [0.2, 0.25) is 0 Å². The van der Waals surface area contributed by atoms with Gasteiger partial charge in [-0.05, 0) is 29.8 Å². The summed E-state index contributed by atoms with van der Waals surface area (Å²) in [5, 5.41) is 7.44. The van der Waals surface area contributed by atoms with Crippen molar-refractivity contribution in [1.29, 1.82) is 0 Å². The van der Waals surface area contributed by atoms with Crippen LogP contribution < -0.4 is 10.6 Å². The summed E-state index contributed by atoms with van der Waals surface area (Å²) in [7, 11) is 0. The summed E-state index contributed by atoms with van der Waals surface area (Å²) >= 11 is 11.8. The van der Waals surface area contributed by atoms with Gasteiger partial charge >= 0.3 is 6.03 Å². The molecule has 0 unspecified atom stereocenters. The highest BCUT2D eigenvalue weighted by atomic mass is 35.5. The number of para-hydroxylation sites is 1. The summed E-state index contributed by atoms with van der Waals surface area (Å²) in [6, 6.07) is 14.5. The van der Waals surface area contributed by atoms with Crippen LogP contribution in [-0.2, 0) is 6.54 Å². The van der Waals surface area contributed by atoms with Gasteiger partial charge in [0, 0.05) is 11.9 Å². The van der Waals surface area contributed by atoms with Crippen LogP contribution in [0.3, 0.4) is 0 Å². The van der Waals surface area contributed by atoms with Crippen LogP contribution in [0.5, 0.6) is 0 Å². The van der Waals surface area contributed by atoms with Gasteiger partial charge in [-0.2, -0.15) is 0 Å².